The first-order valence-corrected chi connectivity index (χ1v) is 1.13. The van der Waals surface area contributed by atoms with E-state index in [1.165, 1.54) is 10.7 Å². The Morgan fingerprint density at radius 3 is 1.00 bits per heavy atom. The normalized spacial score (nSPS) is 3.27. The number of rotatable bonds is 0. The van der Waals surface area contributed by atoms with Crippen LogP contribution in [0.5, 0.6) is 0 Å². The average molecular weight is 197 g/mol. The van der Waals surface area contributed by atoms with Gasteiger partial charge in [0, 0.05) is 0 Å². The molecular weight excluding hydrogens is 193 g/mol. The number of hydrogen-bond acceptors (Lipinski definition) is 7. The van der Waals surface area contributed by atoms with Gasteiger partial charge in [0.05, 0.1) is 0 Å². The zero-order valence-corrected chi connectivity index (χ0v) is 8.37. The summed E-state index contributed by atoms with van der Waals surface area (Å²) >= 11 is 0. The molecule has 0 spiro atoms. The molecule has 0 saturated carbocycles. The SMILES string of the molecule is O=NO.O=NO.O=N[O-].S.[Na+]. The maximum atomic E-state index is 8.11. The van der Waals surface area contributed by atoms with Gasteiger partial charge in [0.1, 0.15) is 0 Å². The Balaban J connectivity index is -0.0000000150. The summed E-state index contributed by atoms with van der Waals surface area (Å²) < 4.78 is 0. The first kappa shape index (κ1) is 31.2. The Hall–Kier alpha value is -0.450. The molecule has 0 aromatic carbocycles. The zero-order chi connectivity index (χ0) is 8.12. The van der Waals surface area contributed by atoms with Gasteiger partial charge in [0.25, 0.3) is 0 Å². The van der Waals surface area contributed by atoms with Crippen LogP contribution in [0.4, 0.5) is 0 Å². The standard InChI is InChI=1S/3HNO2.Na.H2S/c3*2-1-3;;/h3*(H,2,3);;1H2/q;;;+1;/p-1. The molecule has 0 radical (unpaired) electrons. The third kappa shape index (κ3) is 2690. The fraction of sp³-hybridized carbons (Fsp3) is 0. The molecule has 0 rings (SSSR count). The van der Waals surface area contributed by atoms with Crippen molar-refractivity contribution in [1.29, 1.82) is 0 Å². The molecule has 0 bridgehead atoms. The molecule has 2 N–H and O–H groups in total. The summed E-state index contributed by atoms with van der Waals surface area (Å²) in [6, 6.07) is 0. The van der Waals surface area contributed by atoms with Gasteiger partial charge in [0.15, 0.2) is 10.7 Å². The molecule has 0 amide bonds. The van der Waals surface area contributed by atoms with Gasteiger partial charge in [0.2, 0.25) is 0 Å². The van der Waals surface area contributed by atoms with Crippen LogP contribution >= 0.6 is 13.5 Å². The van der Waals surface area contributed by atoms with E-state index >= 15 is 0 Å². The monoisotopic (exact) mass is 197 g/mol. The molecule has 0 aliphatic carbocycles. The second-order valence-corrected chi connectivity index (χ2v) is 0.238. The maximum absolute atomic E-state index is 8.11. The molecule has 0 aromatic heterocycles. The van der Waals surface area contributed by atoms with E-state index in [4.69, 9.17) is 30.3 Å². The van der Waals surface area contributed by atoms with Crippen LogP contribution in [0.2, 0.25) is 0 Å². The van der Waals surface area contributed by atoms with Crippen molar-refractivity contribution < 1.29 is 40.0 Å². The fourth-order valence-electron chi connectivity index (χ4n) is 0. The minimum atomic E-state index is 0. The Bertz CT molecular complexity index is 54.6. The van der Waals surface area contributed by atoms with E-state index in [1.54, 1.807) is 0 Å². The third-order valence-electron chi connectivity index (χ3n) is 0. The summed E-state index contributed by atoms with van der Waals surface area (Å²) in [6.45, 7) is 0. The van der Waals surface area contributed by atoms with Crippen molar-refractivity contribution in [3.8, 4) is 0 Å². The fourth-order valence-corrected chi connectivity index (χ4v) is 0. The molecule has 0 aliphatic heterocycles. The van der Waals surface area contributed by atoms with Crippen molar-refractivity contribution in [1.82, 2.24) is 0 Å². The van der Waals surface area contributed by atoms with E-state index in [0.29, 0.717) is 0 Å². The summed E-state index contributed by atoms with van der Waals surface area (Å²) in [7, 11) is 0. The van der Waals surface area contributed by atoms with E-state index in [0.717, 1.165) is 5.34 Å². The van der Waals surface area contributed by atoms with E-state index in [-0.39, 0.29) is 43.1 Å². The Morgan fingerprint density at radius 1 is 1.00 bits per heavy atom. The van der Waals surface area contributed by atoms with Crippen LogP contribution in [-0.4, -0.2) is 10.4 Å². The molecule has 0 heterocycles. The Kier molecular flexibility index (Phi) is 305. The van der Waals surface area contributed by atoms with Crippen molar-refractivity contribution in [2.24, 2.45) is 16.0 Å². The largest absolute Gasteiger partial charge is 1.00 e. The van der Waals surface area contributed by atoms with E-state index in [9.17, 15) is 0 Å². The molecule has 0 atom stereocenters. The predicted octanol–water partition coefficient (Wildman–Crippen LogP) is -2.35. The quantitative estimate of drug-likeness (QED) is 0.252. The molecule has 0 unspecified atom stereocenters. The molecule has 0 saturated heterocycles. The van der Waals surface area contributed by atoms with Crippen molar-refractivity contribution in [3.63, 3.8) is 0 Å². The number of hydrogen-bond donors (Lipinski definition) is 2. The Labute approximate surface area is 89.3 Å². The second-order valence-electron chi connectivity index (χ2n) is 0.238. The molecule has 0 aliphatic rings. The smallest absolute Gasteiger partial charge is 0.444 e. The molecule has 9 nitrogen and oxygen atoms in total. The van der Waals surface area contributed by atoms with Gasteiger partial charge < -0.3 is 20.5 Å². The minimum Gasteiger partial charge on any atom is -0.444 e. The van der Waals surface area contributed by atoms with Crippen LogP contribution in [0.25, 0.3) is 0 Å². The molecule has 11 heteroatoms. The summed E-state index contributed by atoms with van der Waals surface area (Å²) in [5, 5.41) is 24.8. The maximum Gasteiger partial charge on any atom is 1.00 e. The van der Waals surface area contributed by atoms with Gasteiger partial charge >= 0.3 is 29.6 Å². The molecule has 11 heavy (non-hydrogen) atoms. The van der Waals surface area contributed by atoms with E-state index in [1.807, 2.05) is 0 Å². The van der Waals surface area contributed by atoms with Gasteiger partial charge in [-0.25, -0.2) is 0 Å². The van der Waals surface area contributed by atoms with Crippen molar-refractivity contribution in [2.75, 3.05) is 0 Å². The van der Waals surface area contributed by atoms with Gasteiger partial charge in [-0.05, 0) is 0 Å². The topological polar surface area (TPSA) is 152 Å². The molecular formula is H4N3NaO6S. The van der Waals surface area contributed by atoms with Crippen molar-refractivity contribution >= 4 is 13.5 Å². The van der Waals surface area contributed by atoms with E-state index in [2.05, 4.69) is 0 Å². The second kappa shape index (κ2) is 107. The van der Waals surface area contributed by atoms with Crippen LogP contribution in [0.15, 0.2) is 16.0 Å². The molecule has 0 aromatic rings. The summed E-state index contributed by atoms with van der Waals surface area (Å²) in [5.41, 5.74) is 0. The average Bonchev–Trinajstić information content (AvgIpc) is 1.70. The van der Waals surface area contributed by atoms with Crippen LogP contribution < -0.4 is 29.6 Å². The number of nitrogens with zero attached hydrogens (tertiary/aromatic N) is 3. The van der Waals surface area contributed by atoms with Crippen LogP contribution in [0, 0.1) is 19.9 Å². The van der Waals surface area contributed by atoms with Crippen LogP contribution in [0.1, 0.15) is 0 Å². The minimum absolute atomic E-state index is 0. The van der Waals surface area contributed by atoms with Crippen LogP contribution in [-0.2, 0) is 0 Å². The zero-order valence-electron chi connectivity index (χ0n) is 5.37. The first-order chi connectivity index (χ1) is 4.24. The van der Waals surface area contributed by atoms with Gasteiger partial charge in [-0.3, -0.25) is 0 Å². The van der Waals surface area contributed by atoms with Gasteiger partial charge in [-0.15, -0.1) is 15.2 Å². The van der Waals surface area contributed by atoms with Gasteiger partial charge in [-0.1, -0.05) is 0 Å². The summed E-state index contributed by atoms with van der Waals surface area (Å²) in [5.74, 6) is 0. The summed E-state index contributed by atoms with van der Waals surface area (Å²) in [4.78, 5) is 24.2. The molecule has 0 fully saturated rings. The van der Waals surface area contributed by atoms with Crippen LogP contribution in [0.3, 0.4) is 0 Å². The van der Waals surface area contributed by atoms with Crippen molar-refractivity contribution in [2.45, 2.75) is 0 Å². The van der Waals surface area contributed by atoms with E-state index < -0.39 is 0 Å². The molecule has 62 valence electrons. The summed E-state index contributed by atoms with van der Waals surface area (Å²) in [6.07, 6.45) is 0. The third-order valence-corrected chi connectivity index (χ3v) is 0. The van der Waals surface area contributed by atoms with Crippen molar-refractivity contribution in [3.05, 3.63) is 19.9 Å². The predicted molar refractivity (Wildman–Crippen MR) is 34.7 cm³/mol. The Morgan fingerprint density at radius 2 is 1.00 bits per heavy atom. The first-order valence-electron chi connectivity index (χ1n) is 1.13. The van der Waals surface area contributed by atoms with Gasteiger partial charge in [-0.2, -0.15) is 13.5 Å².